The Morgan fingerprint density at radius 3 is 2.93 bits per heavy atom. The summed E-state index contributed by atoms with van der Waals surface area (Å²) in [5.41, 5.74) is 0. The Morgan fingerprint density at radius 1 is 1.60 bits per heavy atom. The largest absolute Gasteiger partial charge is 0.349 e. The van der Waals surface area contributed by atoms with E-state index < -0.39 is 0 Å². The first-order chi connectivity index (χ1) is 7.16. The van der Waals surface area contributed by atoms with E-state index in [0.29, 0.717) is 18.4 Å². The highest BCUT2D eigenvalue weighted by Crippen LogP contribution is 2.37. The zero-order chi connectivity index (χ0) is 10.8. The summed E-state index contributed by atoms with van der Waals surface area (Å²) in [6.07, 6.45) is 2.31. The zero-order valence-electron chi connectivity index (χ0n) is 9.08. The van der Waals surface area contributed by atoms with Crippen LogP contribution in [0.3, 0.4) is 0 Å². The van der Waals surface area contributed by atoms with Gasteiger partial charge in [0.25, 0.3) is 5.91 Å². The first kappa shape index (κ1) is 10.1. The van der Waals surface area contributed by atoms with Crippen molar-refractivity contribution in [3.63, 3.8) is 0 Å². The van der Waals surface area contributed by atoms with E-state index in [9.17, 15) is 4.79 Å². The topological polar surface area (TPSA) is 70.7 Å². The van der Waals surface area contributed by atoms with Crippen LogP contribution in [0.15, 0.2) is 0 Å². The maximum atomic E-state index is 11.5. The average Bonchev–Trinajstić information content (AvgIpc) is 2.93. The van der Waals surface area contributed by atoms with Gasteiger partial charge in [-0.05, 0) is 18.8 Å². The van der Waals surface area contributed by atoms with Crippen molar-refractivity contribution in [1.82, 2.24) is 20.5 Å². The van der Waals surface area contributed by atoms with Crippen LogP contribution in [0.2, 0.25) is 0 Å². The minimum atomic E-state index is -0.188. The van der Waals surface area contributed by atoms with Gasteiger partial charge in [-0.25, -0.2) is 4.98 Å². The third-order valence-corrected chi connectivity index (χ3v) is 2.34. The van der Waals surface area contributed by atoms with Crippen LogP contribution in [0, 0.1) is 5.92 Å². The maximum Gasteiger partial charge on any atom is 0.290 e. The second-order valence-electron chi connectivity index (χ2n) is 4.42. The monoisotopic (exact) mass is 208 g/mol. The van der Waals surface area contributed by atoms with Crippen molar-refractivity contribution in [2.45, 2.75) is 32.6 Å². The molecule has 5 heteroatoms. The average molecular weight is 208 g/mol. The van der Waals surface area contributed by atoms with E-state index in [1.165, 1.54) is 0 Å². The Kier molecular flexibility index (Phi) is 2.70. The summed E-state index contributed by atoms with van der Waals surface area (Å²) in [6, 6.07) is 0. The van der Waals surface area contributed by atoms with Gasteiger partial charge in [0.2, 0.25) is 5.82 Å². The molecule has 0 bridgehead atoms. The molecule has 5 nitrogen and oxygen atoms in total. The number of nitrogens with zero attached hydrogens (tertiary/aromatic N) is 2. The van der Waals surface area contributed by atoms with E-state index >= 15 is 0 Å². The Hall–Kier alpha value is -1.39. The Balaban J connectivity index is 1.93. The van der Waals surface area contributed by atoms with Gasteiger partial charge >= 0.3 is 0 Å². The Bertz CT molecular complexity index is 354. The van der Waals surface area contributed by atoms with Crippen LogP contribution < -0.4 is 5.32 Å². The zero-order valence-corrected chi connectivity index (χ0v) is 9.08. The van der Waals surface area contributed by atoms with Crippen molar-refractivity contribution in [2.24, 2.45) is 5.92 Å². The summed E-state index contributed by atoms with van der Waals surface area (Å²) < 4.78 is 0. The Labute approximate surface area is 88.7 Å². The second-order valence-corrected chi connectivity index (χ2v) is 4.42. The van der Waals surface area contributed by atoms with Gasteiger partial charge in [0.1, 0.15) is 5.82 Å². The van der Waals surface area contributed by atoms with Gasteiger partial charge in [-0.15, -0.1) is 5.10 Å². The maximum absolute atomic E-state index is 11.5. The molecule has 1 amide bonds. The lowest BCUT2D eigenvalue weighted by Gasteiger charge is -2.04. The molecule has 1 aliphatic rings. The van der Waals surface area contributed by atoms with Gasteiger partial charge in [0.05, 0.1) is 0 Å². The third-order valence-electron chi connectivity index (χ3n) is 2.34. The first-order valence-corrected chi connectivity index (χ1v) is 5.37. The lowest BCUT2D eigenvalue weighted by atomic mass is 10.2. The summed E-state index contributed by atoms with van der Waals surface area (Å²) in [6.45, 7) is 4.76. The summed E-state index contributed by atoms with van der Waals surface area (Å²) >= 11 is 0. The van der Waals surface area contributed by atoms with E-state index in [-0.39, 0.29) is 11.7 Å². The highest BCUT2D eigenvalue weighted by Gasteiger charge is 2.28. The predicted octanol–water partition coefficient (Wildman–Crippen LogP) is 1.07. The molecule has 2 rings (SSSR count). The molecule has 0 spiro atoms. The number of hydrogen-bond donors (Lipinski definition) is 2. The van der Waals surface area contributed by atoms with Crippen LogP contribution in [0.4, 0.5) is 0 Å². The summed E-state index contributed by atoms with van der Waals surface area (Å²) in [5.74, 6) is 1.87. The fourth-order valence-corrected chi connectivity index (χ4v) is 1.29. The van der Waals surface area contributed by atoms with Crippen molar-refractivity contribution in [1.29, 1.82) is 0 Å². The fourth-order valence-electron chi connectivity index (χ4n) is 1.29. The van der Waals surface area contributed by atoms with Gasteiger partial charge in [-0.3, -0.25) is 9.89 Å². The van der Waals surface area contributed by atoms with Crippen LogP contribution in [-0.2, 0) is 0 Å². The van der Waals surface area contributed by atoms with E-state index in [2.05, 4.69) is 20.5 Å². The molecule has 1 aromatic heterocycles. The number of aromatic nitrogens is 3. The minimum Gasteiger partial charge on any atom is -0.349 e. The van der Waals surface area contributed by atoms with Gasteiger partial charge in [0.15, 0.2) is 0 Å². The molecule has 0 aromatic carbocycles. The van der Waals surface area contributed by atoms with Crippen molar-refractivity contribution in [2.75, 3.05) is 6.54 Å². The number of H-pyrrole nitrogens is 1. The van der Waals surface area contributed by atoms with Crippen LogP contribution >= 0.6 is 0 Å². The molecular formula is C10H16N4O. The van der Waals surface area contributed by atoms with E-state index in [1.807, 2.05) is 13.8 Å². The van der Waals surface area contributed by atoms with E-state index in [0.717, 1.165) is 18.7 Å². The van der Waals surface area contributed by atoms with Crippen LogP contribution in [0.1, 0.15) is 49.1 Å². The molecule has 0 unspecified atom stereocenters. The first-order valence-electron chi connectivity index (χ1n) is 5.37. The summed E-state index contributed by atoms with van der Waals surface area (Å²) in [7, 11) is 0. The van der Waals surface area contributed by atoms with Gasteiger partial charge < -0.3 is 5.32 Å². The summed E-state index contributed by atoms with van der Waals surface area (Å²) in [5, 5.41) is 9.51. The quantitative estimate of drug-likeness (QED) is 0.777. The number of carbonyl (C=O) groups is 1. The van der Waals surface area contributed by atoms with Crippen molar-refractivity contribution in [3.8, 4) is 0 Å². The van der Waals surface area contributed by atoms with Crippen molar-refractivity contribution >= 4 is 5.91 Å². The van der Waals surface area contributed by atoms with E-state index in [1.54, 1.807) is 0 Å². The molecule has 15 heavy (non-hydrogen) atoms. The standard InChI is InChI=1S/C10H16N4O/c1-6(2)5-11-10(15)9-12-8(13-14-9)7-3-4-7/h6-7H,3-5H2,1-2H3,(H,11,15)(H,12,13,14). The molecule has 82 valence electrons. The molecule has 0 atom stereocenters. The van der Waals surface area contributed by atoms with Crippen LogP contribution in [0.5, 0.6) is 0 Å². The lowest BCUT2D eigenvalue weighted by molar-refractivity contribution is 0.0939. The summed E-state index contributed by atoms with van der Waals surface area (Å²) in [4.78, 5) is 15.7. The molecule has 0 aliphatic heterocycles. The number of aromatic amines is 1. The molecule has 1 fully saturated rings. The normalized spacial score (nSPS) is 15.7. The number of rotatable bonds is 4. The smallest absolute Gasteiger partial charge is 0.290 e. The van der Waals surface area contributed by atoms with Crippen molar-refractivity contribution < 1.29 is 4.79 Å². The van der Waals surface area contributed by atoms with Gasteiger partial charge in [0, 0.05) is 12.5 Å². The van der Waals surface area contributed by atoms with Crippen LogP contribution in [0.25, 0.3) is 0 Å². The molecule has 1 saturated carbocycles. The fraction of sp³-hybridized carbons (Fsp3) is 0.700. The highest BCUT2D eigenvalue weighted by molar-refractivity contribution is 5.90. The van der Waals surface area contributed by atoms with Gasteiger partial charge in [-0.2, -0.15) is 0 Å². The molecule has 0 saturated heterocycles. The minimum absolute atomic E-state index is 0.188. The number of carbonyl (C=O) groups excluding carboxylic acids is 1. The highest BCUT2D eigenvalue weighted by atomic mass is 16.2. The molecule has 1 aromatic rings. The number of nitrogens with one attached hydrogen (secondary N) is 2. The third kappa shape index (κ3) is 2.55. The molecule has 1 aliphatic carbocycles. The molecular weight excluding hydrogens is 192 g/mol. The Morgan fingerprint density at radius 2 is 2.33 bits per heavy atom. The number of amides is 1. The van der Waals surface area contributed by atoms with Gasteiger partial charge in [-0.1, -0.05) is 13.8 Å². The molecule has 0 radical (unpaired) electrons. The molecule has 2 N–H and O–H groups in total. The lowest BCUT2D eigenvalue weighted by Crippen LogP contribution is -2.28. The van der Waals surface area contributed by atoms with E-state index in [4.69, 9.17) is 0 Å². The predicted molar refractivity (Wildman–Crippen MR) is 55.5 cm³/mol. The molecule has 1 heterocycles. The van der Waals surface area contributed by atoms with Crippen LogP contribution in [-0.4, -0.2) is 27.6 Å². The SMILES string of the molecule is CC(C)CNC(=O)c1n[nH]c(C2CC2)n1. The second kappa shape index (κ2) is 4.00. The number of hydrogen-bond acceptors (Lipinski definition) is 3. The van der Waals surface area contributed by atoms with Crippen molar-refractivity contribution in [3.05, 3.63) is 11.6 Å².